The summed E-state index contributed by atoms with van der Waals surface area (Å²) in [7, 11) is 0. The standard InChI is InChI=1S/C15H19N3/c1-10-11(2)18-15(17-10)9-16-14-5-3-4-13(8-14)12-6-7-12/h3-5,8,12,16H,6-7,9H2,1-2H3,(H,17,18). The van der Waals surface area contributed by atoms with Crippen LogP contribution in [-0.2, 0) is 6.54 Å². The molecule has 18 heavy (non-hydrogen) atoms. The van der Waals surface area contributed by atoms with Crippen molar-refractivity contribution < 1.29 is 0 Å². The molecule has 0 atom stereocenters. The van der Waals surface area contributed by atoms with Crippen LogP contribution in [0.25, 0.3) is 0 Å². The summed E-state index contributed by atoms with van der Waals surface area (Å²) < 4.78 is 0. The van der Waals surface area contributed by atoms with Gasteiger partial charge in [0.25, 0.3) is 0 Å². The van der Waals surface area contributed by atoms with Crippen LogP contribution in [0.3, 0.4) is 0 Å². The Morgan fingerprint density at radius 3 is 2.83 bits per heavy atom. The van der Waals surface area contributed by atoms with Crippen LogP contribution < -0.4 is 5.32 Å². The first kappa shape index (κ1) is 11.3. The molecule has 1 aromatic heterocycles. The van der Waals surface area contributed by atoms with Crippen LogP contribution in [0.5, 0.6) is 0 Å². The van der Waals surface area contributed by atoms with Crippen molar-refractivity contribution in [1.29, 1.82) is 0 Å². The average molecular weight is 241 g/mol. The van der Waals surface area contributed by atoms with E-state index in [2.05, 4.69) is 46.5 Å². The molecule has 0 aliphatic heterocycles. The van der Waals surface area contributed by atoms with Crippen molar-refractivity contribution in [2.24, 2.45) is 0 Å². The van der Waals surface area contributed by atoms with Gasteiger partial charge in [-0.05, 0) is 50.3 Å². The van der Waals surface area contributed by atoms with Gasteiger partial charge in [-0.3, -0.25) is 0 Å². The Balaban J connectivity index is 1.67. The van der Waals surface area contributed by atoms with Gasteiger partial charge in [0.2, 0.25) is 0 Å². The molecule has 94 valence electrons. The molecule has 0 spiro atoms. The summed E-state index contributed by atoms with van der Waals surface area (Å²) in [5, 5.41) is 3.43. The molecule has 1 aliphatic carbocycles. The predicted octanol–water partition coefficient (Wildman–Crippen LogP) is 3.52. The van der Waals surface area contributed by atoms with Crippen molar-refractivity contribution >= 4 is 5.69 Å². The normalized spacial score (nSPS) is 14.8. The Kier molecular flexibility index (Phi) is 2.82. The van der Waals surface area contributed by atoms with Gasteiger partial charge in [0.15, 0.2) is 0 Å². The molecular weight excluding hydrogens is 222 g/mol. The maximum Gasteiger partial charge on any atom is 0.125 e. The number of benzene rings is 1. The van der Waals surface area contributed by atoms with Crippen LogP contribution in [-0.4, -0.2) is 9.97 Å². The zero-order chi connectivity index (χ0) is 12.5. The highest BCUT2D eigenvalue weighted by molar-refractivity contribution is 5.47. The summed E-state index contributed by atoms with van der Waals surface area (Å²) in [6, 6.07) is 8.74. The zero-order valence-corrected chi connectivity index (χ0v) is 11.0. The molecule has 0 bridgehead atoms. The molecule has 2 aromatic rings. The third kappa shape index (κ3) is 2.40. The van der Waals surface area contributed by atoms with Gasteiger partial charge in [-0.25, -0.2) is 4.98 Å². The van der Waals surface area contributed by atoms with Crippen LogP contribution >= 0.6 is 0 Å². The van der Waals surface area contributed by atoms with Gasteiger partial charge in [0.05, 0.1) is 12.2 Å². The van der Waals surface area contributed by atoms with E-state index in [1.54, 1.807) is 0 Å². The number of H-pyrrole nitrogens is 1. The Hall–Kier alpha value is -1.77. The number of anilines is 1. The van der Waals surface area contributed by atoms with E-state index in [9.17, 15) is 0 Å². The Labute approximate surface area is 108 Å². The van der Waals surface area contributed by atoms with E-state index < -0.39 is 0 Å². The Morgan fingerprint density at radius 2 is 2.17 bits per heavy atom. The minimum Gasteiger partial charge on any atom is -0.378 e. The molecule has 1 fully saturated rings. The second kappa shape index (κ2) is 4.48. The largest absolute Gasteiger partial charge is 0.378 e. The van der Waals surface area contributed by atoms with Crippen molar-refractivity contribution in [3.8, 4) is 0 Å². The lowest BCUT2D eigenvalue weighted by Crippen LogP contribution is -2.01. The van der Waals surface area contributed by atoms with E-state index in [0.29, 0.717) is 0 Å². The van der Waals surface area contributed by atoms with E-state index in [1.165, 1.54) is 24.1 Å². The molecule has 1 aliphatic rings. The summed E-state index contributed by atoms with van der Waals surface area (Å²) in [5.74, 6) is 1.81. The number of nitrogens with one attached hydrogen (secondary N) is 2. The monoisotopic (exact) mass is 241 g/mol. The first-order chi connectivity index (χ1) is 8.72. The van der Waals surface area contributed by atoms with Gasteiger partial charge in [0.1, 0.15) is 5.82 Å². The molecule has 0 amide bonds. The fourth-order valence-corrected chi connectivity index (χ4v) is 2.21. The smallest absolute Gasteiger partial charge is 0.125 e. The highest BCUT2D eigenvalue weighted by atomic mass is 15.0. The van der Waals surface area contributed by atoms with Crippen LogP contribution in [0, 0.1) is 13.8 Å². The van der Waals surface area contributed by atoms with Crippen molar-refractivity contribution in [1.82, 2.24) is 9.97 Å². The van der Waals surface area contributed by atoms with Crippen molar-refractivity contribution in [3.63, 3.8) is 0 Å². The first-order valence-electron chi connectivity index (χ1n) is 6.58. The third-order valence-electron chi connectivity index (χ3n) is 3.57. The quantitative estimate of drug-likeness (QED) is 0.860. The maximum absolute atomic E-state index is 4.48. The van der Waals surface area contributed by atoms with Gasteiger partial charge in [-0.15, -0.1) is 0 Å². The lowest BCUT2D eigenvalue weighted by molar-refractivity contribution is 0.986. The van der Waals surface area contributed by atoms with Gasteiger partial charge in [0, 0.05) is 11.4 Å². The summed E-state index contributed by atoms with van der Waals surface area (Å²) in [4.78, 5) is 7.77. The molecule has 1 heterocycles. The number of imidazole rings is 1. The summed E-state index contributed by atoms with van der Waals surface area (Å²) in [5.41, 5.74) is 4.88. The number of aryl methyl sites for hydroxylation is 2. The molecule has 0 unspecified atom stereocenters. The SMILES string of the molecule is Cc1nc(CNc2cccc(C3CC3)c2)[nH]c1C. The minimum atomic E-state index is 0.753. The van der Waals surface area contributed by atoms with E-state index in [1.807, 2.05) is 6.92 Å². The second-order valence-electron chi connectivity index (χ2n) is 5.15. The van der Waals surface area contributed by atoms with Crippen LogP contribution in [0.15, 0.2) is 24.3 Å². The van der Waals surface area contributed by atoms with Gasteiger partial charge in [-0.1, -0.05) is 12.1 Å². The van der Waals surface area contributed by atoms with Gasteiger partial charge in [-0.2, -0.15) is 0 Å². The van der Waals surface area contributed by atoms with E-state index in [0.717, 1.165) is 29.7 Å². The van der Waals surface area contributed by atoms with Crippen LogP contribution in [0.1, 0.15) is 41.5 Å². The molecule has 3 heteroatoms. The van der Waals surface area contributed by atoms with Crippen LogP contribution in [0.4, 0.5) is 5.69 Å². The molecular formula is C15H19N3. The van der Waals surface area contributed by atoms with Gasteiger partial charge >= 0.3 is 0 Å². The summed E-state index contributed by atoms with van der Waals surface area (Å²) in [6.45, 7) is 4.84. The van der Waals surface area contributed by atoms with Gasteiger partial charge < -0.3 is 10.3 Å². The number of aromatic nitrogens is 2. The number of nitrogens with zero attached hydrogens (tertiary/aromatic N) is 1. The molecule has 0 saturated heterocycles. The predicted molar refractivity (Wildman–Crippen MR) is 73.8 cm³/mol. The fourth-order valence-electron chi connectivity index (χ4n) is 2.21. The lowest BCUT2D eigenvalue weighted by Gasteiger charge is -2.06. The minimum absolute atomic E-state index is 0.753. The van der Waals surface area contributed by atoms with E-state index in [-0.39, 0.29) is 0 Å². The fraction of sp³-hybridized carbons (Fsp3) is 0.400. The van der Waals surface area contributed by atoms with E-state index in [4.69, 9.17) is 0 Å². The van der Waals surface area contributed by atoms with E-state index >= 15 is 0 Å². The molecule has 1 aromatic carbocycles. The molecule has 2 N–H and O–H groups in total. The van der Waals surface area contributed by atoms with Crippen molar-refractivity contribution in [2.45, 2.75) is 39.2 Å². The van der Waals surface area contributed by atoms with Crippen LogP contribution in [0.2, 0.25) is 0 Å². The average Bonchev–Trinajstić information content (AvgIpc) is 3.16. The number of aromatic amines is 1. The third-order valence-corrected chi connectivity index (χ3v) is 3.57. The topological polar surface area (TPSA) is 40.7 Å². The summed E-state index contributed by atoms with van der Waals surface area (Å²) >= 11 is 0. The maximum atomic E-state index is 4.48. The number of rotatable bonds is 4. The lowest BCUT2D eigenvalue weighted by atomic mass is 10.1. The first-order valence-corrected chi connectivity index (χ1v) is 6.58. The van der Waals surface area contributed by atoms with Crippen molar-refractivity contribution in [3.05, 3.63) is 47.0 Å². The Bertz CT molecular complexity index is 533. The molecule has 3 rings (SSSR count). The second-order valence-corrected chi connectivity index (χ2v) is 5.15. The molecule has 3 nitrogen and oxygen atoms in total. The highest BCUT2D eigenvalue weighted by Gasteiger charge is 2.23. The Morgan fingerprint density at radius 1 is 1.33 bits per heavy atom. The summed E-state index contributed by atoms with van der Waals surface area (Å²) in [6.07, 6.45) is 2.69. The zero-order valence-electron chi connectivity index (χ0n) is 11.0. The number of hydrogen-bond donors (Lipinski definition) is 2. The van der Waals surface area contributed by atoms with Crippen molar-refractivity contribution in [2.75, 3.05) is 5.32 Å². The number of hydrogen-bond acceptors (Lipinski definition) is 2. The molecule has 0 radical (unpaired) electrons. The molecule has 1 saturated carbocycles. The highest BCUT2D eigenvalue weighted by Crippen LogP contribution is 2.40.